The minimum absolute atomic E-state index is 0.0925. The summed E-state index contributed by atoms with van der Waals surface area (Å²) in [6.45, 7) is 1.35. The van der Waals surface area contributed by atoms with Gasteiger partial charge in [0, 0.05) is 6.07 Å². The monoisotopic (exact) mass is 294 g/mol. The average Bonchev–Trinajstić information content (AvgIpc) is 2.38. The van der Waals surface area contributed by atoms with Gasteiger partial charge in [0.05, 0.1) is 12.2 Å². The number of alkyl halides is 3. The van der Waals surface area contributed by atoms with Gasteiger partial charge in [-0.25, -0.2) is 18.0 Å². The first-order chi connectivity index (χ1) is 9.36. The first-order valence-electron chi connectivity index (χ1n) is 5.46. The molecule has 0 aliphatic carbocycles. The lowest BCUT2D eigenvalue weighted by molar-refractivity contribution is -0.137. The lowest BCUT2D eigenvalue weighted by Crippen LogP contribution is -2.23. The van der Waals surface area contributed by atoms with E-state index in [9.17, 15) is 27.2 Å². The predicted octanol–water partition coefficient (Wildman–Crippen LogP) is 2.51. The van der Waals surface area contributed by atoms with Crippen molar-refractivity contribution >= 4 is 11.8 Å². The zero-order chi connectivity index (χ0) is 15.3. The minimum atomic E-state index is -3.48. The second-order valence-corrected chi connectivity index (χ2v) is 3.49. The van der Waals surface area contributed by atoms with Crippen LogP contribution in [0.3, 0.4) is 0 Å². The minimum Gasteiger partial charge on any atom is -0.460 e. The quantitative estimate of drug-likeness (QED) is 0.350. The molecule has 0 radical (unpaired) electrons. The molecule has 110 valence electrons. The Morgan fingerprint density at radius 3 is 2.45 bits per heavy atom. The number of ketones is 1. The van der Waals surface area contributed by atoms with Gasteiger partial charge in [0.2, 0.25) is 0 Å². The molecule has 1 atom stereocenters. The topological polar surface area (TPSA) is 52.6 Å². The van der Waals surface area contributed by atoms with Crippen LogP contribution in [0.25, 0.3) is 0 Å². The maximum atomic E-state index is 13.0. The maximum absolute atomic E-state index is 13.0. The molecule has 0 spiro atoms. The summed E-state index contributed by atoms with van der Waals surface area (Å²) in [5, 5.41) is 0. The first-order valence-corrected chi connectivity index (χ1v) is 5.46. The summed E-state index contributed by atoms with van der Waals surface area (Å²) in [5.74, 6) is -4.27. The van der Waals surface area contributed by atoms with E-state index in [1.165, 1.54) is 6.92 Å². The van der Waals surface area contributed by atoms with Gasteiger partial charge >= 0.3 is 12.4 Å². The van der Waals surface area contributed by atoms with Crippen molar-refractivity contribution < 1.29 is 36.6 Å². The summed E-state index contributed by atoms with van der Waals surface area (Å²) in [7, 11) is 0. The number of halogens is 4. The highest BCUT2D eigenvalue weighted by molar-refractivity contribution is 6.41. The van der Waals surface area contributed by atoms with Crippen LogP contribution in [-0.2, 0) is 9.53 Å². The van der Waals surface area contributed by atoms with E-state index in [0.29, 0.717) is 6.07 Å². The number of benzene rings is 1. The highest BCUT2D eigenvalue weighted by Crippen LogP contribution is 2.24. The Morgan fingerprint density at radius 2 is 1.90 bits per heavy atom. The molecule has 0 aliphatic rings. The Kier molecular flexibility index (Phi) is 5.48. The fourth-order valence-corrected chi connectivity index (χ4v) is 1.26. The molecule has 0 amide bonds. The molecule has 0 saturated heterocycles. The predicted molar refractivity (Wildman–Crippen MR) is 58.9 cm³/mol. The zero-order valence-corrected chi connectivity index (χ0v) is 10.2. The highest BCUT2D eigenvalue weighted by Gasteiger charge is 2.27. The lowest BCUT2D eigenvalue weighted by Gasteiger charge is -2.13. The summed E-state index contributed by atoms with van der Waals surface area (Å²) >= 11 is 0. The van der Waals surface area contributed by atoms with Gasteiger partial charge in [-0.2, -0.15) is 4.39 Å². The maximum Gasteiger partial charge on any atom is 0.379 e. The van der Waals surface area contributed by atoms with E-state index in [2.05, 4.69) is 9.47 Å². The Bertz CT molecular complexity index is 504. The molecular formula is C12H10F4O4. The van der Waals surface area contributed by atoms with Crippen LogP contribution >= 0.6 is 0 Å². The fourth-order valence-electron chi connectivity index (χ4n) is 1.26. The second kappa shape index (κ2) is 6.88. The Morgan fingerprint density at radius 1 is 1.25 bits per heavy atom. The normalized spacial score (nSPS) is 12.1. The van der Waals surface area contributed by atoms with Gasteiger partial charge in [-0.3, -0.25) is 4.79 Å². The van der Waals surface area contributed by atoms with E-state index in [0.717, 1.165) is 12.1 Å². The van der Waals surface area contributed by atoms with Crippen LogP contribution in [0.2, 0.25) is 0 Å². The molecule has 0 fully saturated rings. The molecule has 0 N–H and O–H groups in total. The summed E-state index contributed by atoms with van der Waals surface area (Å²) in [6.07, 6.45) is -6.53. The van der Waals surface area contributed by atoms with E-state index in [-0.39, 0.29) is 6.61 Å². The van der Waals surface area contributed by atoms with Gasteiger partial charge in [0.15, 0.2) is 0 Å². The highest BCUT2D eigenvalue weighted by atomic mass is 19.3. The summed E-state index contributed by atoms with van der Waals surface area (Å²) in [4.78, 5) is 22.9. The third kappa shape index (κ3) is 3.94. The van der Waals surface area contributed by atoms with Crippen LogP contribution < -0.4 is 4.74 Å². The van der Waals surface area contributed by atoms with E-state index >= 15 is 0 Å². The number of esters is 1. The largest absolute Gasteiger partial charge is 0.460 e. The molecule has 4 nitrogen and oxygen atoms in total. The number of rotatable bonds is 6. The molecule has 8 heteroatoms. The van der Waals surface area contributed by atoms with Crippen LogP contribution in [-0.4, -0.2) is 31.1 Å². The van der Waals surface area contributed by atoms with Crippen LogP contribution in [0, 0.1) is 5.82 Å². The van der Waals surface area contributed by atoms with E-state index in [1.807, 2.05) is 0 Å². The van der Waals surface area contributed by atoms with Crippen molar-refractivity contribution in [3.63, 3.8) is 0 Å². The first kappa shape index (κ1) is 15.9. The van der Waals surface area contributed by atoms with Crippen LogP contribution in [0.15, 0.2) is 18.2 Å². The SMILES string of the molecule is CCOC(=O)C(=O)c1ccc(F)cc1OC(F)C(F)F. The Hall–Kier alpha value is -2.12. The van der Waals surface area contributed by atoms with Crippen molar-refractivity contribution in [1.29, 1.82) is 0 Å². The lowest BCUT2D eigenvalue weighted by atomic mass is 10.1. The summed E-state index contributed by atoms with van der Waals surface area (Å²) < 4.78 is 58.5. The van der Waals surface area contributed by atoms with Gasteiger partial charge in [-0.05, 0) is 19.1 Å². The zero-order valence-electron chi connectivity index (χ0n) is 10.2. The van der Waals surface area contributed by atoms with Crippen molar-refractivity contribution in [3.05, 3.63) is 29.6 Å². The second-order valence-electron chi connectivity index (χ2n) is 3.49. The van der Waals surface area contributed by atoms with E-state index in [1.54, 1.807) is 0 Å². The molecule has 0 saturated carbocycles. The number of hydrogen-bond acceptors (Lipinski definition) is 4. The van der Waals surface area contributed by atoms with Gasteiger partial charge < -0.3 is 9.47 Å². The molecule has 1 unspecified atom stereocenters. The van der Waals surface area contributed by atoms with Gasteiger partial charge in [-0.15, -0.1) is 0 Å². The molecule has 1 aromatic rings. The molecule has 0 heterocycles. The molecule has 1 aromatic carbocycles. The third-order valence-corrected chi connectivity index (χ3v) is 2.09. The van der Waals surface area contributed by atoms with Crippen LogP contribution in [0.1, 0.15) is 17.3 Å². The fraction of sp³-hybridized carbons (Fsp3) is 0.333. The van der Waals surface area contributed by atoms with Crippen molar-refractivity contribution in [2.45, 2.75) is 19.7 Å². The number of hydrogen-bond donors (Lipinski definition) is 0. The van der Waals surface area contributed by atoms with Crippen molar-refractivity contribution in [2.75, 3.05) is 6.61 Å². The molecular weight excluding hydrogens is 284 g/mol. The Balaban J connectivity index is 3.07. The third-order valence-electron chi connectivity index (χ3n) is 2.09. The average molecular weight is 294 g/mol. The van der Waals surface area contributed by atoms with Crippen molar-refractivity contribution in [1.82, 2.24) is 0 Å². The number of Topliss-reactive ketones (excluding diaryl/α,β-unsaturated/α-hetero) is 1. The van der Waals surface area contributed by atoms with Crippen molar-refractivity contribution in [3.8, 4) is 5.75 Å². The summed E-state index contributed by atoms with van der Waals surface area (Å²) in [5.41, 5.74) is -0.562. The molecule has 0 aliphatic heterocycles. The Labute approximate surface area is 111 Å². The van der Waals surface area contributed by atoms with Crippen LogP contribution in [0.4, 0.5) is 17.6 Å². The van der Waals surface area contributed by atoms with Crippen molar-refractivity contribution in [2.24, 2.45) is 0 Å². The molecule has 20 heavy (non-hydrogen) atoms. The summed E-state index contributed by atoms with van der Waals surface area (Å²) in [6, 6.07) is 2.15. The van der Waals surface area contributed by atoms with Gasteiger partial charge in [-0.1, -0.05) is 0 Å². The van der Waals surface area contributed by atoms with Crippen LogP contribution in [0.5, 0.6) is 5.75 Å². The molecule has 0 bridgehead atoms. The molecule has 1 rings (SSSR count). The molecule has 0 aromatic heterocycles. The number of carbonyl (C=O) groups excluding carboxylic acids is 2. The van der Waals surface area contributed by atoms with Gasteiger partial charge in [0.1, 0.15) is 11.6 Å². The van der Waals surface area contributed by atoms with E-state index < -0.39 is 41.7 Å². The number of carbonyl (C=O) groups is 2. The number of ether oxygens (including phenoxy) is 2. The van der Waals surface area contributed by atoms with E-state index in [4.69, 9.17) is 0 Å². The smallest absolute Gasteiger partial charge is 0.379 e. The van der Waals surface area contributed by atoms with Gasteiger partial charge in [0.25, 0.3) is 12.1 Å². The standard InChI is InChI=1S/C12H10F4O4/c1-2-19-12(18)9(17)7-4-3-6(13)5-8(7)20-11(16)10(14)15/h3-5,10-11H,2H2,1H3.